The van der Waals surface area contributed by atoms with E-state index in [-0.39, 0.29) is 50.8 Å². The number of nitrogens with one attached hydrogen (secondary N) is 2. The molecule has 0 spiro atoms. The molecule has 3 aromatic heterocycles. The smallest absolute Gasteiger partial charge is 0.417 e. The van der Waals surface area contributed by atoms with E-state index < -0.39 is 81.0 Å². The summed E-state index contributed by atoms with van der Waals surface area (Å²) in [6, 6.07) is 36.4. The lowest BCUT2D eigenvalue weighted by Crippen LogP contribution is -2.25. The molecule has 5 aromatic carbocycles. The van der Waals surface area contributed by atoms with Crippen LogP contribution in [-0.4, -0.2) is 148 Å². The molecule has 42 heteroatoms. The second-order valence-corrected chi connectivity index (χ2v) is 34.8. The molecule has 0 radical (unpaired) electrons. The molecule has 2 aliphatic rings. The third kappa shape index (κ3) is 60.5. The zero-order chi connectivity index (χ0) is 105. The summed E-state index contributed by atoms with van der Waals surface area (Å²) in [7, 11) is 0. The number of amides is 2. The van der Waals surface area contributed by atoms with Crippen LogP contribution < -0.4 is 37.3 Å². The Balaban J connectivity index is 0.000000812. The molecule has 0 saturated carbocycles. The first-order chi connectivity index (χ1) is 65.1. The van der Waals surface area contributed by atoms with Gasteiger partial charge in [-0.2, -0.15) is 26.3 Å². The summed E-state index contributed by atoms with van der Waals surface area (Å²) in [5, 5.41) is 19.7. The van der Waals surface area contributed by atoms with Gasteiger partial charge in [-0.25, -0.2) is 38.9 Å². The molecule has 2 amide bonds. The number of aromatic nitrogens is 3. The number of carbonyl (C=O) groups is 8. The lowest BCUT2D eigenvalue weighted by molar-refractivity contribution is -0.147. The molecule has 762 valence electrons. The summed E-state index contributed by atoms with van der Waals surface area (Å²) in [5.41, 5.74) is 30.2. The van der Waals surface area contributed by atoms with E-state index in [0.29, 0.717) is 109 Å². The monoisotopic (exact) mass is 2030 g/mol. The number of Topliss-reactive ketones (excluding diaryl/α,β-unsaturated/α-hetero) is 3. The van der Waals surface area contributed by atoms with Crippen LogP contribution in [0.3, 0.4) is 0 Å². The van der Waals surface area contributed by atoms with Gasteiger partial charge in [0.1, 0.15) is 62.8 Å². The maximum atomic E-state index is 13.0. The van der Waals surface area contributed by atoms with Crippen molar-refractivity contribution in [2.75, 3.05) is 74.0 Å². The number of carboxylic acids is 1. The topological polar surface area (TPSA) is 478 Å². The van der Waals surface area contributed by atoms with Crippen LogP contribution in [0.5, 0.6) is 23.0 Å². The Labute approximate surface area is 826 Å². The number of nitrogen functional groups attached to an aromatic ring is 2. The Morgan fingerprint density at radius 3 is 1.22 bits per heavy atom. The Kier molecular flexibility index (Phi) is 59.2. The van der Waals surface area contributed by atoms with Gasteiger partial charge in [-0.1, -0.05) is 77.1 Å². The SMILES string of the molecule is CC(=O)CCCCCl.CC(=O)CCCCN=[N+]=[N-].CC(C)(C)OC(=O)c1cc(Cl)ccn1.CC(C)(C)OC(=O)c1cc(Oc2ccc(N)cc2)ccn1.CC(C)(C)OC(=O)c1cc(Oc2ccc(NC(=O)Nc3ccc(Cl)c(C(F)(F)F)c3)cc2)ccn1.CC1(CCCCN)OCCO1.CC1(CCCCN=[N+]=[N-])OCCO1.CCC(=O)CC.Nc1ccc(Cl)c(C(F)(F)F)c1.O=C(O)c1ccccc1. The number of urea groups is 1. The van der Waals surface area contributed by atoms with Crippen LogP contribution in [0.15, 0.2) is 180 Å². The fourth-order valence-corrected chi connectivity index (χ4v) is 11.3. The number of anilines is 4. The standard InChI is InChI=1S/C24H21ClF3N3O4.C16H18N2O3.C10H12ClNO2.C8H15N3O2.C8H17NO2.C7H5ClF3N.C7H6O2.C6H11ClO.C6H11N3O.C5H10O/c1-23(2,3)35-21(32)20-13-17(10-11-29-20)34-16-7-4-14(5-8-16)30-22(33)31-15-6-9-19(25)18(12-15)24(26,27)28;1-16(2,3)21-15(19)14-10-13(8-9-18-14)20-12-6-4-11(17)5-7-12;1-10(2,3)14-9(13)8-6-7(11)4-5-12-8;1-8(12-6-7-13-8)4-2-3-5-10-11-9;1-8(4-2-3-5-9)10-6-7-11-8;8-6-2-1-4(12)3-5(6)7(9,10)11;8-7(9)6-4-2-1-3-5-6;1-6(8)4-2-3-5-7;1-6(10)4-2-3-5-8-9-7;1-3-5(6)4-2/h4-13H,1-3H3,(H2,30,31,33);4-10H,17H2,1-3H3;4-6H,1-3H3;2-7H2,1H3;2-7,9H2,1H3;1-3H,12H2;1-5H,(H,8,9);2-5H2,1H3;2-5H2,1H3;3-4H2,1-2H3. The minimum atomic E-state index is -4.65. The van der Waals surface area contributed by atoms with Crippen molar-refractivity contribution >= 4 is 116 Å². The molecular formula is C97H126Cl4F6N14O18. The summed E-state index contributed by atoms with van der Waals surface area (Å²) < 4.78 is 124. The van der Waals surface area contributed by atoms with E-state index in [2.05, 4.69) is 45.6 Å². The first-order valence-electron chi connectivity index (χ1n) is 43.9. The van der Waals surface area contributed by atoms with Crippen molar-refractivity contribution in [1.29, 1.82) is 0 Å². The summed E-state index contributed by atoms with van der Waals surface area (Å²) in [4.78, 5) is 106. The van der Waals surface area contributed by atoms with Crippen molar-refractivity contribution in [3.63, 3.8) is 0 Å². The van der Waals surface area contributed by atoms with E-state index in [9.17, 15) is 64.7 Å². The molecular weight excluding hydrogens is 1900 g/mol. The van der Waals surface area contributed by atoms with E-state index in [4.69, 9.17) is 122 Å². The van der Waals surface area contributed by atoms with Crippen molar-refractivity contribution in [3.05, 3.63) is 240 Å². The molecule has 5 heterocycles. The minimum absolute atomic E-state index is 0.0479. The number of nitrogens with two attached hydrogens (primary N) is 3. The largest absolute Gasteiger partial charge is 0.478 e. The number of carboxylic acid groups (broad SMARTS) is 1. The highest BCUT2D eigenvalue weighted by atomic mass is 35.5. The predicted octanol–water partition coefficient (Wildman–Crippen LogP) is 26.1. The van der Waals surface area contributed by atoms with Gasteiger partial charge < -0.3 is 85.2 Å². The Bertz CT molecular complexity index is 5140. The molecule has 10 rings (SSSR count). The third-order valence-corrected chi connectivity index (χ3v) is 18.4. The fourth-order valence-electron chi connectivity index (χ4n) is 10.5. The summed E-state index contributed by atoms with van der Waals surface area (Å²) in [6.07, 6.45) is 7.35. The number of hydrogen-bond donors (Lipinski definition) is 6. The van der Waals surface area contributed by atoms with Gasteiger partial charge in [-0.05, 0) is 280 Å². The average molecular weight is 2030 g/mol. The van der Waals surface area contributed by atoms with Crippen molar-refractivity contribution in [3.8, 4) is 23.0 Å². The Morgan fingerprint density at radius 1 is 0.482 bits per heavy atom. The van der Waals surface area contributed by atoms with Crippen LogP contribution in [0.4, 0.5) is 53.9 Å². The second-order valence-electron chi connectivity index (χ2n) is 33.1. The van der Waals surface area contributed by atoms with E-state index in [0.717, 1.165) is 108 Å². The zero-order valence-corrected chi connectivity index (χ0v) is 83.7. The maximum Gasteiger partial charge on any atom is 0.417 e. The Morgan fingerprint density at radius 2 is 0.856 bits per heavy atom. The normalized spacial score (nSPS) is 12.4. The van der Waals surface area contributed by atoms with Gasteiger partial charge in [0.05, 0.1) is 53.2 Å². The van der Waals surface area contributed by atoms with Crippen LogP contribution >= 0.6 is 46.4 Å². The number of unbranched alkanes of at least 4 members (excludes halogenated alkanes) is 4. The highest BCUT2D eigenvalue weighted by Crippen LogP contribution is 2.38. The number of benzene rings is 5. The summed E-state index contributed by atoms with van der Waals surface area (Å²) in [5.74, 6) is 0.260. The van der Waals surface area contributed by atoms with E-state index in [1.54, 1.807) is 167 Å². The lowest BCUT2D eigenvalue weighted by Gasteiger charge is -2.21. The van der Waals surface area contributed by atoms with E-state index >= 15 is 0 Å². The number of aromatic carboxylic acids is 1. The highest BCUT2D eigenvalue weighted by molar-refractivity contribution is 6.32. The van der Waals surface area contributed by atoms with Crippen LogP contribution in [-0.2, 0) is 59.9 Å². The number of nitrogens with zero attached hydrogens (tertiary/aromatic N) is 9. The van der Waals surface area contributed by atoms with Gasteiger partial charge in [0.25, 0.3) is 0 Å². The molecule has 2 fully saturated rings. The van der Waals surface area contributed by atoms with Gasteiger partial charge in [0.15, 0.2) is 23.0 Å². The van der Waals surface area contributed by atoms with Crippen LogP contribution in [0.1, 0.15) is 247 Å². The number of carbonyl (C=O) groups excluding carboxylic acids is 7. The number of azide groups is 2. The lowest BCUT2D eigenvalue weighted by atomic mass is 10.1. The molecule has 2 saturated heterocycles. The molecule has 0 unspecified atom stereocenters. The second kappa shape index (κ2) is 65.8. The molecule has 8 aromatic rings. The van der Waals surface area contributed by atoms with Gasteiger partial charge in [0, 0.05) is 126 Å². The number of hydrogen-bond acceptors (Lipinski definition) is 25. The zero-order valence-electron chi connectivity index (χ0n) is 80.6. The predicted molar refractivity (Wildman–Crippen MR) is 525 cm³/mol. The molecule has 32 nitrogen and oxygen atoms in total. The van der Waals surface area contributed by atoms with E-state index in [1.165, 1.54) is 55.0 Å². The van der Waals surface area contributed by atoms with Gasteiger partial charge >= 0.3 is 42.3 Å². The minimum Gasteiger partial charge on any atom is -0.478 e. The molecule has 0 aliphatic carbocycles. The number of esters is 3. The number of alkyl halides is 7. The molecule has 9 N–H and O–H groups in total. The van der Waals surface area contributed by atoms with Gasteiger partial charge in [-0.3, -0.25) is 4.79 Å². The van der Waals surface area contributed by atoms with Crippen molar-refractivity contribution < 1.29 is 112 Å². The summed E-state index contributed by atoms with van der Waals surface area (Å²) >= 11 is 22.0. The molecule has 0 atom stereocenters. The number of rotatable bonds is 30. The number of pyridine rings is 3. The van der Waals surface area contributed by atoms with Crippen LogP contribution in [0, 0.1) is 0 Å². The first-order valence-corrected chi connectivity index (χ1v) is 45.5. The van der Waals surface area contributed by atoms with Crippen molar-refractivity contribution in [2.45, 2.75) is 234 Å². The molecule has 2 aliphatic heterocycles. The van der Waals surface area contributed by atoms with Gasteiger partial charge in [0.2, 0.25) is 0 Å². The summed E-state index contributed by atoms with van der Waals surface area (Å²) in [6.45, 7) is 31.6. The van der Waals surface area contributed by atoms with E-state index in [1.807, 2.05) is 27.7 Å². The van der Waals surface area contributed by atoms with Crippen molar-refractivity contribution in [1.82, 2.24) is 15.0 Å². The van der Waals surface area contributed by atoms with Gasteiger partial charge in [-0.15, -0.1) is 11.6 Å². The molecule has 0 bridgehead atoms. The van der Waals surface area contributed by atoms with Crippen molar-refractivity contribution in [2.24, 2.45) is 16.0 Å². The fraction of sp³-hybridized carbons (Fsp3) is 0.454. The Hall–Kier alpha value is -11.9. The van der Waals surface area contributed by atoms with Crippen LogP contribution in [0.2, 0.25) is 15.1 Å². The average Bonchev–Trinajstić information content (AvgIpc) is 1.80. The first kappa shape index (κ1) is 125. The number of ether oxygens (including phenoxy) is 9. The number of halogens is 10. The quantitative estimate of drug-likeness (QED) is 0.00280. The van der Waals surface area contributed by atoms with Crippen LogP contribution in [0.25, 0.3) is 20.9 Å². The molecule has 139 heavy (non-hydrogen) atoms. The highest BCUT2D eigenvalue weighted by Gasteiger charge is 2.36. The maximum absolute atomic E-state index is 13.0. The number of ketones is 3. The third-order valence-electron chi connectivity index (χ3n) is 17.2.